The summed E-state index contributed by atoms with van der Waals surface area (Å²) >= 11 is 0. The van der Waals surface area contributed by atoms with E-state index >= 15 is 0 Å². The molecule has 3 atom stereocenters. The van der Waals surface area contributed by atoms with Crippen molar-refractivity contribution >= 4 is 12.0 Å². The molecule has 0 aromatic carbocycles. The Bertz CT molecular complexity index is 307. The molecule has 0 radical (unpaired) electrons. The number of carbonyl (C=O) groups excluding carboxylic acids is 1. The van der Waals surface area contributed by atoms with E-state index < -0.39 is 12.0 Å². The first kappa shape index (κ1) is 15.8. The van der Waals surface area contributed by atoms with Gasteiger partial charge in [0.1, 0.15) is 6.04 Å². The fraction of sp³-hybridized carbons (Fsp3) is 0.857. The van der Waals surface area contributed by atoms with Gasteiger partial charge in [0, 0.05) is 6.04 Å². The third-order valence-electron chi connectivity index (χ3n) is 3.88. The van der Waals surface area contributed by atoms with Crippen LogP contribution in [0, 0.1) is 5.92 Å². The maximum Gasteiger partial charge on any atom is 0.326 e. The van der Waals surface area contributed by atoms with E-state index in [1.165, 1.54) is 6.42 Å². The van der Waals surface area contributed by atoms with E-state index in [9.17, 15) is 9.59 Å². The molecule has 2 amide bonds. The molecular formula is C14H26N2O3. The number of nitrogens with one attached hydrogen (secondary N) is 2. The Morgan fingerprint density at radius 2 is 2.05 bits per heavy atom. The van der Waals surface area contributed by atoms with E-state index in [2.05, 4.69) is 17.6 Å². The van der Waals surface area contributed by atoms with Crippen LogP contribution in [0.1, 0.15) is 58.8 Å². The van der Waals surface area contributed by atoms with Crippen molar-refractivity contribution in [2.75, 3.05) is 0 Å². The molecule has 1 rings (SSSR count). The Balaban J connectivity index is 2.39. The molecule has 19 heavy (non-hydrogen) atoms. The Hall–Kier alpha value is -1.26. The highest BCUT2D eigenvalue weighted by Gasteiger charge is 2.24. The van der Waals surface area contributed by atoms with Gasteiger partial charge in [-0.05, 0) is 25.2 Å². The average Bonchev–Trinajstić information content (AvgIpc) is 2.38. The zero-order chi connectivity index (χ0) is 14.3. The second-order valence-electron chi connectivity index (χ2n) is 5.44. The van der Waals surface area contributed by atoms with Gasteiger partial charge in [-0.3, -0.25) is 0 Å². The van der Waals surface area contributed by atoms with Crippen molar-refractivity contribution in [1.82, 2.24) is 10.6 Å². The van der Waals surface area contributed by atoms with Gasteiger partial charge in [-0.1, -0.05) is 39.5 Å². The zero-order valence-corrected chi connectivity index (χ0v) is 11.9. The third-order valence-corrected chi connectivity index (χ3v) is 3.88. The van der Waals surface area contributed by atoms with Gasteiger partial charge < -0.3 is 15.7 Å². The Morgan fingerprint density at radius 3 is 2.63 bits per heavy atom. The molecule has 5 heteroatoms. The number of carboxylic acids is 1. The number of hydrogen-bond donors (Lipinski definition) is 3. The molecule has 0 saturated heterocycles. The molecule has 0 bridgehead atoms. The van der Waals surface area contributed by atoms with Gasteiger partial charge in [0.2, 0.25) is 0 Å². The summed E-state index contributed by atoms with van der Waals surface area (Å²) in [5.41, 5.74) is 0. The number of aliphatic carboxylic acids is 1. The van der Waals surface area contributed by atoms with E-state index in [4.69, 9.17) is 5.11 Å². The second kappa shape index (κ2) is 8.02. The van der Waals surface area contributed by atoms with Gasteiger partial charge in [0.25, 0.3) is 0 Å². The third kappa shape index (κ3) is 5.49. The lowest BCUT2D eigenvalue weighted by atomic mass is 9.84. The lowest BCUT2D eigenvalue weighted by molar-refractivity contribution is -0.139. The molecule has 3 N–H and O–H groups in total. The molecule has 1 fully saturated rings. The van der Waals surface area contributed by atoms with Crippen LogP contribution in [0.15, 0.2) is 0 Å². The lowest BCUT2D eigenvalue weighted by Gasteiger charge is -2.29. The van der Waals surface area contributed by atoms with Gasteiger partial charge in [-0.2, -0.15) is 0 Å². The predicted molar refractivity (Wildman–Crippen MR) is 74.0 cm³/mol. The largest absolute Gasteiger partial charge is 0.480 e. The van der Waals surface area contributed by atoms with Gasteiger partial charge in [0.05, 0.1) is 0 Å². The first-order valence-electron chi connectivity index (χ1n) is 7.36. The number of urea groups is 1. The summed E-state index contributed by atoms with van der Waals surface area (Å²) in [4.78, 5) is 22.8. The molecule has 0 aromatic heterocycles. The van der Waals surface area contributed by atoms with Crippen LogP contribution in [0.5, 0.6) is 0 Å². The molecule has 0 heterocycles. The maximum atomic E-state index is 11.8. The van der Waals surface area contributed by atoms with Crippen LogP contribution >= 0.6 is 0 Å². The number of rotatable bonds is 6. The number of hydrogen-bond acceptors (Lipinski definition) is 2. The van der Waals surface area contributed by atoms with E-state index in [1.54, 1.807) is 0 Å². The van der Waals surface area contributed by atoms with Crippen molar-refractivity contribution in [2.45, 2.75) is 70.9 Å². The first-order valence-corrected chi connectivity index (χ1v) is 7.36. The maximum absolute atomic E-state index is 11.8. The van der Waals surface area contributed by atoms with Crippen LogP contribution in [0.25, 0.3) is 0 Å². The lowest BCUT2D eigenvalue weighted by Crippen LogP contribution is -2.49. The molecule has 110 valence electrons. The SMILES string of the molecule is CCCC(NC(=O)NC1CCCC(CC)C1)C(=O)O. The van der Waals surface area contributed by atoms with Crippen LogP contribution in [0.2, 0.25) is 0 Å². The van der Waals surface area contributed by atoms with Gasteiger partial charge >= 0.3 is 12.0 Å². The number of carboxylic acid groups (broad SMARTS) is 1. The minimum atomic E-state index is -0.966. The summed E-state index contributed by atoms with van der Waals surface area (Å²) in [6, 6.07) is -0.937. The highest BCUT2D eigenvalue weighted by atomic mass is 16.4. The van der Waals surface area contributed by atoms with Gasteiger partial charge in [0.15, 0.2) is 0 Å². The van der Waals surface area contributed by atoms with Crippen LogP contribution in [-0.2, 0) is 4.79 Å². The Morgan fingerprint density at radius 1 is 1.32 bits per heavy atom. The first-order chi connectivity index (χ1) is 9.06. The minimum Gasteiger partial charge on any atom is -0.480 e. The summed E-state index contributed by atoms with van der Waals surface area (Å²) in [5.74, 6) is -0.281. The minimum absolute atomic E-state index is 0.190. The Kier molecular flexibility index (Phi) is 6.67. The van der Waals surface area contributed by atoms with Gasteiger partial charge in [-0.15, -0.1) is 0 Å². The van der Waals surface area contributed by atoms with Crippen molar-refractivity contribution in [1.29, 1.82) is 0 Å². The fourth-order valence-corrected chi connectivity index (χ4v) is 2.72. The zero-order valence-electron chi connectivity index (χ0n) is 11.9. The molecule has 1 aliphatic carbocycles. The van der Waals surface area contributed by atoms with Crippen LogP contribution < -0.4 is 10.6 Å². The Labute approximate surface area is 115 Å². The molecule has 1 aliphatic rings. The fourth-order valence-electron chi connectivity index (χ4n) is 2.72. The monoisotopic (exact) mass is 270 g/mol. The molecule has 0 aliphatic heterocycles. The van der Waals surface area contributed by atoms with Crippen molar-refractivity contribution in [2.24, 2.45) is 5.92 Å². The molecule has 0 spiro atoms. The van der Waals surface area contributed by atoms with Crippen molar-refractivity contribution in [3.05, 3.63) is 0 Å². The quantitative estimate of drug-likeness (QED) is 0.694. The molecule has 1 saturated carbocycles. The van der Waals surface area contributed by atoms with Gasteiger partial charge in [-0.25, -0.2) is 9.59 Å². The second-order valence-corrected chi connectivity index (χ2v) is 5.44. The summed E-state index contributed by atoms with van der Waals surface area (Å²) in [5, 5.41) is 14.5. The topological polar surface area (TPSA) is 78.4 Å². The summed E-state index contributed by atoms with van der Waals surface area (Å²) in [6.07, 6.45) is 6.73. The summed E-state index contributed by atoms with van der Waals surface area (Å²) in [7, 11) is 0. The van der Waals surface area contributed by atoms with E-state index in [0.29, 0.717) is 12.3 Å². The molecule has 0 aromatic rings. The summed E-state index contributed by atoms with van der Waals surface area (Å²) in [6.45, 7) is 4.08. The summed E-state index contributed by atoms with van der Waals surface area (Å²) < 4.78 is 0. The molecule has 3 unspecified atom stereocenters. The molecular weight excluding hydrogens is 244 g/mol. The number of amides is 2. The predicted octanol–water partition coefficient (Wildman–Crippen LogP) is 2.51. The van der Waals surface area contributed by atoms with Crippen LogP contribution in [0.4, 0.5) is 4.79 Å². The number of carbonyl (C=O) groups is 2. The van der Waals surface area contributed by atoms with Crippen LogP contribution in [-0.4, -0.2) is 29.2 Å². The van der Waals surface area contributed by atoms with Crippen molar-refractivity contribution in [3.63, 3.8) is 0 Å². The standard InChI is InChI=1S/C14H26N2O3/c1-3-6-12(13(17)18)16-14(19)15-11-8-5-7-10(4-2)9-11/h10-12H,3-9H2,1-2H3,(H,17,18)(H2,15,16,19). The molecule has 5 nitrogen and oxygen atoms in total. The normalized spacial score (nSPS) is 24.5. The highest BCUT2D eigenvalue weighted by molar-refractivity contribution is 5.82. The van der Waals surface area contributed by atoms with Crippen LogP contribution in [0.3, 0.4) is 0 Å². The van der Waals surface area contributed by atoms with Crippen molar-refractivity contribution < 1.29 is 14.7 Å². The van der Waals surface area contributed by atoms with E-state index in [1.807, 2.05) is 6.92 Å². The smallest absolute Gasteiger partial charge is 0.326 e. The van der Waals surface area contributed by atoms with E-state index in [0.717, 1.165) is 32.1 Å². The van der Waals surface area contributed by atoms with E-state index in [-0.39, 0.29) is 12.1 Å². The van der Waals surface area contributed by atoms with Crippen molar-refractivity contribution in [3.8, 4) is 0 Å². The average molecular weight is 270 g/mol. The highest BCUT2D eigenvalue weighted by Crippen LogP contribution is 2.26.